The number of hydrogen-bond donors (Lipinski definition) is 1. The Morgan fingerprint density at radius 2 is 1.90 bits per heavy atom. The summed E-state index contributed by atoms with van der Waals surface area (Å²) in [5.74, 6) is 1.40. The molecule has 2 aromatic carbocycles. The van der Waals surface area contributed by atoms with Gasteiger partial charge in [0.2, 0.25) is 0 Å². The molecule has 3 heteroatoms. The van der Waals surface area contributed by atoms with Gasteiger partial charge in [0.15, 0.2) is 0 Å². The van der Waals surface area contributed by atoms with Gasteiger partial charge in [-0.2, -0.15) is 0 Å². The van der Waals surface area contributed by atoms with Crippen LogP contribution in [0.3, 0.4) is 0 Å². The number of halogens is 1. The molecule has 1 aliphatic rings. The number of methoxy groups -OCH3 is 1. The summed E-state index contributed by atoms with van der Waals surface area (Å²) in [5.41, 5.74) is 5.44. The highest BCUT2D eigenvalue weighted by Gasteiger charge is 2.21. The van der Waals surface area contributed by atoms with Crippen LogP contribution in [0.15, 0.2) is 42.5 Å². The highest BCUT2D eigenvalue weighted by Crippen LogP contribution is 2.33. The molecule has 2 aromatic rings. The van der Waals surface area contributed by atoms with Gasteiger partial charge in [0.1, 0.15) is 5.75 Å². The van der Waals surface area contributed by atoms with Crippen molar-refractivity contribution < 1.29 is 4.74 Å². The summed E-state index contributed by atoms with van der Waals surface area (Å²) in [7, 11) is 1.75. The van der Waals surface area contributed by atoms with Crippen LogP contribution < -0.4 is 10.1 Å². The topological polar surface area (TPSA) is 21.3 Å². The third kappa shape index (κ3) is 3.22. The van der Waals surface area contributed by atoms with Crippen molar-refractivity contribution >= 4 is 12.4 Å². The van der Waals surface area contributed by atoms with Gasteiger partial charge in [0, 0.05) is 12.5 Å². The third-order valence-corrected chi connectivity index (χ3v) is 4.15. The maximum absolute atomic E-state index is 5.52. The van der Waals surface area contributed by atoms with Gasteiger partial charge in [-0.3, -0.25) is 0 Å². The van der Waals surface area contributed by atoms with Crippen molar-refractivity contribution in [3.05, 3.63) is 64.7 Å². The van der Waals surface area contributed by atoms with Crippen LogP contribution in [0.2, 0.25) is 0 Å². The monoisotopic (exact) mass is 303 g/mol. The van der Waals surface area contributed by atoms with E-state index in [2.05, 4.69) is 54.7 Å². The first kappa shape index (κ1) is 15.9. The zero-order valence-electron chi connectivity index (χ0n) is 12.6. The quantitative estimate of drug-likeness (QED) is 0.913. The molecule has 2 nitrogen and oxygen atoms in total. The van der Waals surface area contributed by atoms with E-state index in [1.807, 2.05) is 0 Å². The van der Waals surface area contributed by atoms with Gasteiger partial charge in [-0.1, -0.05) is 36.4 Å². The number of aryl methyl sites for hydroxylation is 1. The molecular formula is C18H22ClNO. The molecule has 0 aliphatic carbocycles. The first-order valence-corrected chi connectivity index (χ1v) is 7.22. The molecule has 21 heavy (non-hydrogen) atoms. The normalized spacial score (nSPS) is 17.3. The minimum Gasteiger partial charge on any atom is -0.496 e. The molecule has 1 atom stereocenters. The van der Waals surface area contributed by atoms with E-state index in [4.69, 9.17) is 4.74 Å². The summed E-state index contributed by atoms with van der Waals surface area (Å²) in [4.78, 5) is 0. The molecule has 0 spiro atoms. The van der Waals surface area contributed by atoms with E-state index in [0.717, 1.165) is 25.3 Å². The molecule has 0 saturated heterocycles. The summed E-state index contributed by atoms with van der Waals surface area (Å²) < 4.78 is 5.52. The standard InChI is InChI=1S/C18H21NO.ClH/c1-13-10-15-8-9-19-12-17(14-6-4-3-5-7-14)16(15)11-18(13)20-2;/h3-7,10-11,17,19H,8-9,12H2,1-2H3;1H. The summed E-state index contributed by atoms with van der Waals surface area (Å²) >= 11 is 0. The van der Waals surface area contributed by atoms with E-state index in [1.54, 1.807) is 7.11 Å². The Kier molecular flexibility index (Phi) is 5.27. The molecule has 1 unspecified atom stereocenters. The average Bonchev–Trinajstić information content (AvgIpc) is 2.69. The van der Waals surface area contributed by atoms with Crippen LogP contribution in [0, 0.1) is 6.92 Å². The number of hydrogen-bond acceptors (Lipinski definition) is 2. The van der Waals surface area contributed by atoms with E-state index in [1.165, 1.54) is 22.3 Å². The molecule has 0 amide bonds. The lowest BCUT2D eigenvalue weighted by Crippen LogP contribution is -2.20. The average molecular weight is 304 g/mol. The van der Waals surface area contributed by atoms with Crippen molar-refractivity contribution in [1.82, 2.24) is 5.32 Å². The zero-order valence-corrected chi connectivity index (χ0v) is 13.4. The van der Waals surface area contributed by atoms with Crippen molar-refractivity contribution in [2.75, 3.05) is 20.2 Å². The molecular weight excluding hydrogens is 282 g/mol. The number of rotatable bonds is 2. The Hall–Kier alpha value is -1.51. The van der Waals surface area contributed by atoms with Crippen LogP contribution in [0.5, 0.6) is 5.75 Å². The van der Waals surface area contributed by atoms with Crippen molar-refractivity contribution in [1.29, 1.82) is 0 Å². The van der Waals surface area contributed by atoms with Crippen LogP contribution in [-0.2, 0) is 6.42 Å². The Balaban J connectivity index is 0.00000161. The molecule has 112 valence electrons. The molecule has 0 bridgehead atoms. The van der Waals surface area contributed by atoms with E-state index in [9.17, 15) is 0 Å². The molecule has 1 N–H and O–H groups in total. The highest BCUT2D eigenvalue weighted by atomic mass is 35.5. The smallest absolute Gasteiger partial charge is 0.122 e. The van der Waals surface area contributed by atoms with Crippen LogP contribution in [-0.4, -0.2) is 20.2 Å². The van der Waals surface area contributed by atoms with Gasteiger partial charge in [-0.25, -0.2) is 0 Å². The molecule has 3 rings (SSSR count). The van der Waals surface area contributed by atoms with Gasteiger partial charge in [0.25, 0.3) is 0 Å². The molecule has 0 saturated carbocycles. The molecule has 0 aromatic heterocycles. The zero-order chi connectivity index (χ0) is 13.9. The molecule has 1 heterocycles. The van der Waals surface area contributed by atoms with Crippen LogP contribution in [0.4, 0.5) is 0 Å². The van der Waals surface area contributed by atoms with Gasteiger partial charge >= 0.3 is 0 Å². The van der Waals surface area contributed by atoms with Gasteiger partial charge in [0.05, 0.1) is 7.11 Å². The second-order valence-electron chi connectivity index (χ2n) is 5.44. The van der Waals surface area contributed by atoms with E-state index >= 15 is 0 Å². The highest BCUT2D eigenvalue weighted by molar-refractivity contribution is 5.85. The molecule has 0 radical (unpaired) electrons. The van der Waals surface area contributed by atoms with Crippen molar-refractivity contribution in [3.8, 4) is 5.75 Å². The number of nitrogens with one attached hydrogen (secondary N) is 1. The summed E-state index contributed by atoms with van der Waals surface area (Å²) in [6.45, 7) is 4.15. The van der Waals surface area contributed by atoms with Crippen LogP contribution in [0.25, 0.3) is 0 Å². The number of ether oxygens (including phenoxy) is 1. The number of fused-ring (bicyclic) bond motifs is 1. The van der Waals surface area contributed by atoms with Crippen molar-refractivity contribution in [2.24, 2.45) is 0 Å². The SMILES string of the molecule is COc1cc2c(cc1C)CCNCC2c1ccccc1.Cl. The molecule has 0 fully saturated rings. The summed E-state index contributed by atoms with van der Waals surface area (Å²) in [6.07, 6.45) is 1.09. The largest absolute Gasteiger partial charge is 0.496 e. The number of benzene rings is 2. The minimum atomic E-state index is 0. The lowest BCUT2D eigenvalue weighted by atomic mass is 9.87. The predicted octanol–water partition coefficient (Wildman–Crippen LogP) is 3.70. The Morgan fingerprint density at radius 3 is 2.62 bits per heavy atom. The lowest BCUT2D eigenvalue weighted by Gasteiger charge is -2.20. The van der Waals surface area contributed by atoms with Gasteiger partial charge < -0.3 is 10.1 Å². The maximum Gasteiger partial charge on any atom is 0.122 e. The first-order valence-electron chi connectivity index (χ1n) is 7.22. The maximum atomic E-state index is 5.52. The fourth-order valence-corrected chi connectivity index (χ4v) is 3.09. The van der Waals surface area contributed by atoms with E-state index in [-0.39, 0.29) is 12.4 Å². The Bertz CT molecular complexity index is 598. The van der Waals surface area contributed by atoms with E-state index < -0.39 is 0 Å². The fourth-order valence-electron chi connectivity index (χ4n) is 3.09. The fraction of sp³-hybridized carbons (Fsp3) is 0.333. The summed E-state index contributed by atoms with van der Waals surface area (Å²) in [6, 6.07) is 15.3. The van der Waals surface area contributed by atoms with Gasteiger partial charge in [-0.15, -0.1) is 12.4 Å². The van der Waals surface area contributed by atoms with E-state index in [0.29, 0.717) is 5.92 Å². The summed E-state index contributed by atoms with van der Waals surface area (Å²) in [5, 5.41) is 3.56. The minimum absolute atomic E-state index is 0. The van der Waals surface area contributed by atoms with Gasteiger partial charge in [-0.05, 0) is 48.2 Å². The Morgan fingerprint density at radius 1 is 1.14 bits per heavy atom. The third-order valence-electron chi connectivity index (χ3n) is 4.15. The molecule has 1 aliphatic heterocycles. The van der Waals surface area contributed by atoms with Crippen molar-refractivity contribution in [3.63, 3.8) is 0 Å². The van der Waals surface area contributed by atoms with Crippen LogP contribution >= 0.6 is 12.4 Å². The second kappa shape index (κ2) is 6.97. The predicted molar refractivity (Wildman–Crippen MR) is 89.8 cm³/mol. The van der Waals surface area contributed by atoms with Crippen LogP contribution in [0.1, 0.15) is 28.2 Å². The second-order valence-corrected chi connectivity index (χ2v) is 5.44. The first-order chi connectivity index (χ1) is 9.79. The van der Waals surface area contributed by atoms with Crippen molar-refractivity contribution in [2.45, 2.75) is 19.3 Å². The lowest BCUT2D eigenvalue weighted by molar-refractivity contribution is 0.410. The Labute approximate surface area is 132 Å².